The molecule has 0 saturated carbocycles. The second-order valence-corrected chi connectivity index (χ2v) is 7.54. The number of hydrogen-bond acceptors (Lipinski definition) is 5. The van der Waals surface area contributed by atoms with E-state index >= 15 is 0 Å². The van der Waals surface area contributed by atoms with Crippen LogP contribution in [0.3, 0.4) is 0 Å². The maximum atomic E-state index is 12.9. The third-order valence-corrected chi connectivity index (χ3v) is 5.59. The van der Waals surface area contributed by atoms with Crippen LogP contribution < -0.4 is 5.32 Å². The first-order chi connectivity index (χ1) is 14.7. The van der Waals surface area contributed by atoms with Crippen molar-refractivity contribution in [1.82, 2.24) is 24.1 Å². The number of anilines is 1. The molecule has 8 nitrogen and oxygen atoms in total. The van der Waals surface area contributed by atoms with Crippen LogP contribution in [-0.4, -0.2) is 62.8 Å². The Hall–Kier alpha value is -3.23. The van der Waals surface area contributed by atoms with Gasteiger partial charge in [-0.05, 0) is 37.3 Å². The number of amides is 1. The molecule has 154 valence electrons. The number of aromatic nitrogens is 4. The molecular weight excluding hydrogens is 380 g/mol. The fraction of sp³-hybridized carbons (Fsp3) is 0.318. The van der Waals surface area contributed by atoms with Gasteiger partial charge in [-0.2, -0.15) is 5.10 Å². The van der Waals surface area contributed by atoms with Crippen molar-refractivity contribution >= 4 is 28.1 Å². The number of morpholine rings is 1. The van der Waals surface area contributed by atoms with E-state index < -0.39 is 0 Å². The smallest absolute Gasteiger partial charge is 0.261 e. The maximum absolute atomic E-state index is 12.9. The second kappa shape index (κ2) is 7.89. The highest BCUT2D eigenvalue weighted by atomic mass is 16.5. The molecule has 1 aliphatic rings. The van der Waals surface area contributed by atoms with E-state index in [1.54, 1.807) is 23.0 Å². The van der Waals surface area contributed by atoms with Gasteiger partial charge < -0.3 is 14.6 Å². The number of carbonyl (C=O) groups excluding carboxylic acids is 1. The summed E-state index contributed by atoms with van der Waals surface area (Å²) in [6, 6.07) is 9.89. The molecule has 30 heavy (non-hydrogen) atoms. The average Bonchev–Trinajstić information content (AvgIpc) is 3.32. The number of aryl methyl sites for hydroxylation is 1. The van der Waals surface area contributed by atoms with Crippen molar-refractivity contribution in [1.29, 1.82) is 0 Å². The summed E-state index contributed by atoms with van der Waals surface area (Å²) in [5, 5.41) is 8.47. The zero-order valence-corrected chi connectivity index (χ0v) is 16.9. The fourth-order valence-electron chi connectivity index (χ4n) is 4.00. The van der Waals surface area contributed by atoms with Gasteiger partial charge in [-0.3, -0.25) is 9.69 Å². The summed E-state index contributed by atoms with van der Waals surface area (Å²) in [5.41, 5.74) is 3.63. The maximum Gasteiger partial charge on any atom is 0.261 e. The molecule has 1 N–H and O–H groups in total. The summed E-state index contributed by atoms with van der Waals surface area (Å²) >= 11 is 0. The summed E-state index contributed by atoms with van der Waals surface area (Å²) < 4.78 is 9.30. The number of nitrogens with one attached hydrogen (secondary N) is 1. The lowest BCUT2D eigenvalue weighted by Crippen LogP contribution is -2.38. The molecule has 1 amide bonds. The third kappa shape index (κ3) is 3.55. The number of hydrogen-bond donors (Lipinski definition) is 1. The van der Waals surface area contributed by atoms with Gasteiger partial charge in [-0.1, -0.05) is 0 Å². The van der Waals surface area contributed by atoms with Crippen molar-refractivity contribution in [3.63, 3.8) is 0 Å². The van der Waals surface area contributed by atoms with Crippen LogP contribution in [0.15, 0.2) is 48.9 Å². The zero-order valence-electron chi connectivity index (χ0n) is 16.9. The van der Waals surface area contributed by atoms with E-state index in [9.17, 15) is 4.79 Å². The molecule has 8 heteroatoms. The SMILES string of the molecule is Cc1nn2cccnc2c1C(=O)Nc1ccc2c(ccn2CCN2CCOCC2)c1. The molecule has 5 rings (SSSR count). The average molecular weight is 404 g/mol. The topological polar surface area (TPSA) is 76.7 Å². The van der Waals surface area contributed by atoms with Gasteiger partial charge in [-0.15, -0.1) is 0 Å². The van der Waals surface area contributed by atoms with Crippen molar-refractivity contribution in [2.24, 2.45) is 0 Å². The van der Waals surface area contributed by atoms with Gasteiger partial charge in [0.15, 0.2) is 5.65 Å². The molecular formula is C22H24N6O2. The van der Waals surface area contributed by atoms with Gasteiger partial charge in [0.1, 0.15) is 5.56 Å². The Kier molecular flexibility index (Phi) is 4.94. The van der Waals surface area contributed by atoms with Gasteiger partial charge in [0.25, 0.3) is 5.91 Å². The molecule has 1 saturated heterocycles. The predicted octanol–water partition coefficient (Wildman–Crippen LogP) is 2.58. The lowest BCUT2D eigenvalue weighted by atomic mass is 10.2. The third-order valence-electron chi connectivity index (χ3n) is 5.59. The van der Waals surface area contributed by atoms with Crippen LogP contribution in [0.2, 0.25) is 0 Å². The number of fused-ring (bicyclic) bond motifs is 2. The van der Waals surface area contributed by atoms with Crippen LogP contribution in [0, 0.1) is 6.92 Å². The Morgan fingerprint density at radius 3 is 2.90 bits per heavy atom. The summed E-state index contributed by atoms with van der Waals surface area (Å²) in [6.45, 7) is 7.38. The largest absolute Gasteiger partial charge is 0.379 e. The van der Waals surface area contributed by atoms with E-state index in [0.29, 0.717) is 16.9 Å². The monoisotopic (exact) mass is 404 g/mol. The van der Waals surface area contributed by atoms with Crippen LogP contribution in [0.25, 0.3) is 16.6 Å². The van der Waals surface area contributed by atoms with Gasteiger partial charge in [0.2, 0.25) is 0 Å². The van der Waals surface area contributed by atoms with Crippen LogP contribution in [0.1, 0.15) is 16.1 Å². The Morgan fingerprint density at radius 1 is 1.17 bits per heavy atom. The van der Waals surface area contributed by atoms with Gasteiger partial charge in [-0.25, -0.2) is 9.50 Å². The van der Waals surface area contributed by atoms with Crippen molar-refractivity contribution in [3.8, 4) is 0 Å². The lowest BCUT2D eigenvalue weighted by Gasteiger charge is -2.26. The zero-order chi connectivity index (χ0) is 20.5. The molecule has 1 aromatic carbocycles. The summed E-state index contributed by atoms with van der Waals surface area (Å²) in [6.07, 6.45) is 5.56. The molecule has 0 atom stereocenters. The Bertz CT molecular complexity index is 1210. The number of carbonyl (C=O) groups is 1. The summed E-state index contributed by atoms with van der Waals surface area (Å²) in [7, 11) is 0. The molecule has 0 unspecified atom stereocenters. The van der Waals surface area contributed by atoms with Gasteiger partial charge in [0, 0.05) is 61.4 Å². The van der Waals surface area contributed by atoms with Crippen molar-refractivity contribution in [3.05, 3.63) is 60.2 Å². The van der Waals surface area contributed by atoms with E-state index in [4.69, 9.17) is 4.74 Å². The summed E-state index contributed by atoms with van der Waals surface area (Å²) in [5.74, 6) is -0.202. The molecule has 1 fully saturated rings. The fourth-order valence-corrected chi connectivity index (χ4v) is 4.00. The minimum absolute atomic E-state index is 0.202. The van der Waals surface area contributed by atoms with Crippen molar-refractivity contribution in [2.45, 2.75) is 13.5 Å². The Balaban J connectivity index is 1.33. The standard InChI is InChI=1S/C22H24N6O2/c1-16-20(21-23-6-2-7-28(21)25-16)22(29)24-18-3-4-19-17(15-18)5-8-27(19)10-9-26-11-13-30-14-12-26/h2-8,15H,9-14H2,1H3,(H,24,29). The first kappa shape index (κ1) is 18.8. The highest BCUT2D eigenvalue weighted by Crippen LogP contribution is 2.22. The van der Waals surface area contributed by atoms with Crippen molar-refractivity contribution < 1.29 is 9.53 Å². The van der Waals surface area contributed by atoms with Crippen LogP contribution in [0.5, 0.6) is 0 Å². The first-order valence-corrected chi connectivity index (χ1v) is 10.2. The molecule has 1 aliphatic heterocycles. The molecule has 0 radical (unpaired) electrons. The molecule has 0 aliphatic carbocycles. The van der Waals surface area contributed by atoms with E-state index in [2.05, 4.69) is 43.2 Å². The molecule has 3 aromatic heterocycles. The number of ether oxygens (including phenoxy) is 1. The second-order valence-electron chi connectivity index (χ2n) is 7.54. The summed E-state index contributed by atoms with van der Waals surface area (Å²) in [4.78, 5) is 19.6. The van der Waals surface area contributed by atoms with E-state index in [0.717, 1.165) is 56.0 Å². The minimum atomic E-state index is -0.202. The Labute approximate surface area is 174 Å². The van der Waals surface area contributed by atoms with E-state index in [1.807, 2.05) is 19.1 Å². The minimum Gasteiger partial charge on any atom is -0.379 e. The normalized spacial score (nSPS) is 15.1. The highest BCUT2D eigenvalue weighted by Gasteiger charge is 2.18. The lowest BCUT2D eigenvalue weighted by molar-refractivity contribution is 0.0365. The van der Waals surface area contributed by atoms with Gasteiger partial charge >= 0.3 is 0 Å². The molecule has 4 aromatic rings. The predicted molar refractivity (Wildman–Crippen MR) is 115 cm³/mol. The van der Waals surface area contributed by atoms with Crippen molar-refractivity contribution in [2.75, 3.05) is 38.2 Å². The van der Waals surface area contributed by atoms with E-state index in [-0.39, 0.29) is 5.91 Å². The first-order valence-electron chi connectivity index (χ1n) is 10.2. The molecule has 0 bridgehead atoms. The highest BCUT2D eigenvalue weighted by molar-refractivity contribution is 6.09. The van der Waals surface area contributed by atoms with Crippen LogP contribution >= 0.6 is 0 Å². The number of rotatable bonds is 5. The van der Waals surface area contributed by atoms with E-state index in [1.165, 1.54) is 0 Å². The van der Waals surface area contributed by atoms with Gasteiger partial charge in [0.05, 0.1) is 18.9 Å². The molecule has 4 heterocycles. The number of nitrogens with zero attached hydrogens (tertiary/aromatic N) is 5. The quantitative estimate of drug-likeness (QED) is 0.553. The van der Waals surface area contributed by atoms with Crippen LogP contribution in [0.4, 0.5) is 5.69 Å². The number of benzene rings is 1. The Morgan fingerprint density at radius 2 is 2.03 bits per heavy atom. The molecule has 0 spiro atoms. The van der Waals surface area contributed by atoms with Crippen LogP contribution in [-0.2, 0) is 11.3 Å².